The number of aliphatic hydroxyl groups excluding tert-OH is 1. The first-order valence-corrected chi connectivity index (χ1v) is 7.12. The van der Waals surface area contributed by atoms with Gasteiger partial charge in [0, 0.05) is 30.4 Å². The number of rotatable bonds is 5. The molecule has 1 aliphatic rings. The molecule has 1 saturated carbocycles. The Bertz CT molecular complexity index is 425. The smallest absolute Gasteiger partial charge is 0.0781 e. The number of likely N-dealkylation sites (N-methyl/N-ethyl adjacent to an activating group) is 2. The highest BCUT2D eigenvalue weighted by Crippen LogP contribution is 2.38. The van der Waals surface area contributed by atoms with E-state index < -0.39 is 6.10 Å². The Kier molecular flexibility index (Phi) is 4.16. The standard InChI is InChI=1S/C16H26N2O/c1-13(19)14-8-5-6-9-15(14)18(4)12-16(17(2)3)10-7-11-16/h5-6,8-9,13,19H,7,10-12H2,1-4H3. The Balaban J connectivity index is 2.18. The largest absolute Gasteiger partial charge is 0.389 e. The summed E-state index contributed by atoms with van der Waals surface area (Å²) in [6.07, 6.45) is 3.43. The predicted octanol–water partition coefficient (Wildman–Crippen LogP) is 2.66. The van der Waals surface area contributed by atoms with Crippen molar-refractivity contribution in [3.05, 3.63) is 29.8 Å². The van der Waals surface area contributed by atoms with Crippen LogP contribution in [0.5, 0.6) is 0 Å². The number of anilines is 1. The first-order valence-electron chi connectivity index (χ1n) is 7.12. The Labute approximate surface area is 116 Å². The molecule has 0 aromatic heterocycles. The summed E-state index contributed by atoms with van der Waals surface area (Å²) in [5, 5.41) is 9.90. The van der Waals surface area contributed by atoms with Crippen molar-refractivity contribution in [3.8, 4) is 0 Å². The fraction of sp³-hybridized carbons (Fsp3) is 0.625. The molecular formula is C16H26N2O. The maximum absolute atomic E-state index is 9.90. The molecule has 0 aliphatic heterocycles. The minimum atomic E-state index is -0.421. The number of nitrogens with zero attached hydrogens (tertiary/aromatic N) is 2. The van der Waals surface area contributed by atoms with Crippen LogP contribution in [0.4, 0.5) is 5.69 Å². The van der Waals surface area contributed by atoms with E-state index in [2.05, 4.69) is 37.0 Å². The number of aliphatic hydroxyl groups is 1. The number of hydrogen-bond acceptors (Lipinski definition) is 3. The van der Waals surface area contributed by atoms with Crippen LogP contribution in [-0.2, 0) is 0 Å². The van der Waals surface area contributed by atoms with Gasteiger partial charge in [-0.15, -0.1) is 0 Å². The van der Waals surface area contributed by atoms with Crippen molar-refractivity contribution in [2.45, 2.75) is 37.8 Å². The van der Waals surface area contributed by atoms with Gasteiger partial charge in [0.15, 0.2) is 0 Å². The van der Waals surface area contributed by atoms with E-state index in [9.17, 15) is 5.11 Å². The van der Waals surface area contributed by atoms with Gasteiger partial charge in [-0.2, -0.15) is 0 Å². The van der Waals surface area contributed by atoms with Crippen LogP contribution in [0.2, 0.25) is 0 Å². The van der Waals surface area contributed by atoms with Crippen LogP contribution < -0.4 is 4.90 Å². The minimum absolute atomic E-state index is 0.306. The first kappa shape index (κ1) is 14.4. The van der Waals surface area contributed by atoms with Crippen molar-refractivity contribution in [3.63, 3.8) is 0 Å². The van der Waals surface area contributed by atoms with Crippen LogP contribution in [0, 0.1) is 0 Å². The summed E-state index contributed by atoms with van der Waals surface area (Å²) in [6.45, 7) is 2.85. The summed E-state index contributed by atoms with van der Waals surface area (Å²) < 4.78 is 0. The fourth-order valence-corrected chi connectivity index (χ4v) is 3.05. The molecule has 1 fully saturated rings. The first-order chi connectivity index (χ1) is 8.96. The van der Waals surface area contributed by atoms with Crippen molar-refractivity contribution < 1.29 is 5.11 Å². The molecule has 0 radical (unpaired) electrons. The van der Waals surface area contributed by atoms with E-state index in [-0.39, 0.29) is 0 Å². The summed E-state index contributed by atoms with van der Waals surface area (Å²) in [7, 11) is 6.48. The summed E-state index contributed by atoms with van der Waals surface area (Å²) in [5.74, 6) is 0. The van der Waals surface area contributed by atoms with Crippen molar-refractivity contribution in [1.29, 1.82) is 0 Å². The zero-order valence-corrected chi connectivity index (χ0v) is 12.6. The van der Waals surface area contributed by atoms with E-state index >= 15 is 0 Å². The lowest BCUT2D eigenvalue weighted by molar-refractivity contribution is 0.0682. The third kappa shape index (κ3) is 2.77. The topological polar surface area (TPSA) is 26.7 Å². The lowest BCUT2D eigenvalue weighted by Gasteiger charge is -2.49. The van der Waals surface area contributed by atoms with Crippen LogP contribution in [-0.4, -0.2) is 43.2 Å². The zero-order chi connectivity index (χ0) is 14.0. The monoisotopic (exact) mass is 262 g/mol. The number of hydrogen-bond donors (Lipinski definition) is 1. The minimum Gasteiger partial charge on any atom is -0.389 e. The van der Waals surface area contributed by atoms with Gasteiger partial charge in [0.2, 0.25) is 0 Å². The molecule has 0 bridgehead atoms. The second-order valence-electron chi connectivity index (χ2n) is 6.06. The maximum Gasteiger partial charge on any atom is 0.0781 e. The number of benzene rings is 1. The van der Waals surface area contributed by atoms with Crippen LogP contribution in [0.15, 0.2) is 24.3 Å². The average molecular weight is 262 g/mol. The molecule has 1 aliphatic carbocycles. The summed E-state index contributed by atoms with van der Waals surface area (Å²) in [6, 6.07) is 8.15. The molecule has 1 unspecified atom stereocenters. The van der Waals surface area contributed by atoms with Gasteiger partial charge < -0.3 is 14.9 Å². The molecule has 0 amide bonds. The summed E-state index contributed by atoms with van der Waals surface area (Å²) >= 11 is 0. The van der Waals surface area contributed by atoms with E-state index in [1.807, 2.05) is 25.1 Å². The van der Waals surface area contributed by atoms with Crippen LogP contribution in [0.25, 0.3) is 0 Å². The molecule has 0 spiro atoms. The molecule has 1 atom stereocenters. The van der Waals surface area contributed by atoms with E-state index in [0.717, 1.165) is 17.8 Å². The SMILES string of the molecule is CC(O)c1ccccc1N(C)CC1(N(C)C)CCC1. The van der Waals surface area contributed by atoms with Gasteiger partial charge in [-0.1, -0.05) is 18.2 Å². The second kappa shape index (κ2) is 5.51. The maximum atomic E-state index is 9.90. The Morgan fingerprint density at radius 3 is 2.32 bits per heavy atom. The third-order valence-corrected chi connectivity index (χ3v) is 4.56. The molecule has 19 heavy (non-hydrogen) atoms. The van der Waals surface area contributed by atoms with Crippen molar-refractivity contribution >= 4 is 5.69 Å². The summed E-state index contributed by atoms with van der Waals surface area (Å²) in [4.78, 5) is 4.65. The van der Waals surface area contributed by atoms with Gasteiger partial charge in [0.1, 0.15) is 0 Å². The molecule has 3 nitrogen and oxygen atoms in total. The van der Waals surface area contributed by atoms with Gasteiger partial charge >= 0.3 is 0 Å². The molecule has 0 saturated heterocycles. The van der Waals surface area contributed by atoms with Crippen molar-refractivity contribution in [2.24, 2.45) is 0 Å². The Morgan fingerprint density at radius 2 is 1.84 bits per heavy atom. The van der Waals surface area contributed by atoms with Gasteiger partial charge in [-0.25, -0.2) is 0 Å². The van der Waals surface area contributed by atoms with Crippen molar-refractivity contribution in [2.75, 3.05) is 32.6 Å². The molecular weight excluding hydrogens is 236 g/mol. The molecule has 1 N–H and O–H groups in total. The highest BCUT2D eigenvalue weighted by Gasteiger charge is 2.40. The predicted molar refractivity (Wildman–Crippen MR) is 80.6 cm³/mol. The molecule has 0 heterocycles. The second-order valence-corrected chi connectivity index (χ2v) is 6.06. The number of para-hydroxylation sites is 1. The van der Waals surface area contributed by atoms with Crippen LogP contribution in [0.1, 0.15) is 37.9 Å². The fourth-order valence-electron chi connectivity index (χ4n) is 3.05. The van der Waals surface area contributed by atoms with E-state index in [0.29, 0.717) is 5.54 Å². The molecule has 106 valence electrons. The van der Waals surface area contributed by atoms with Gasteiger partial charge in [-0.3, -0.25) is 0 Å². The van der Waals surface area contributed by atoms with Crippen LogP contribution in [0.3, 0.4) is 0 Å². The Hall–Kier alpha value is -1.06. The van der Waals surface area contributed by atoms with E-state index in [1.165, 1.54) is 19.3 Å². The highest BCUT2D eigenvalue weighted by molar-refractivity contribution is 5.54. The lowest BCUT2D eigenvalue weighted by Crippen LogP contribution is -2.56. The zero-order valence-electron chi connectivity index (χ0n) is 12.6. The quantitative estimate of drug-likeness (QED) is 0.884. The van der Waals surface area contributed by atoms with Crippen molar-refractivity contribution in [1.82, 2.24) is 4.90 Å². The van der Waals surface area contributed by atoms with Gasteiger partial charge in [0.05, 0.1) is 6.10 Å². The van der Waals surface area contributed by atoms with Gasteiger partial charge in [0.25, 0.3) is 0 Å². The van der Waals surface area contributed by atoms with Crippen LogP contribution >= 0.6 is 0 Å². The van der Waals surface area contributed by atoms with E-state index in [4.69, 9.17) is 0 Å². The highest BCUT2D eigenvalue weighted by atomic mass is 16.3. The Morgan fingerprint density at radius 1 is 1.21 bits per heavy atom. The lowest BCUT2D eigenvalue weighted by atomic mass is 9.75. The third-order valence-electron chi connectivity index (χ3n) is 4.56. The molecule has 1 aromatic carbocycles. The average Bonchev–Trinajstić information content (AvgIpc) is 2.33. The summed E-state index contributed by atoms with van der Waals surface area (Å²) in [5.41, 5.74) is 2.46. The van der Waals surface area contributed by atoms with Gasteiger partial charge in [-0.05, 0) is 46.3 Å². The molecule has 1 aromatic rings. The van der Waals surface area contributed by atoms with E-state index in [1.54, 1.807) is 0 Å². The normalized spacial score (nSPS) is 19.1. The molecule has 2 rings (SSSR count). The molecule has 3 heteroatoms.